The third-order valence-electron chi connectivity index (χ3n) is 3.85. The third kappa shape index (κ3) is 5.22. The van der Waals surface area contributed by atoms with Gasteiger partial charge in [-0.1, -0.05) is 37.0 Å². The molecule has 0 saturated heterocycles. The van der Waals surface area contributed by atoms with Crippen molar-refractivity contribution in [3.63, 3.8) is 0 Å². The number of hydrogen-bond donors (Lipinski definition) is 2. The molecule has 140 valence electrons. The molecule has 0 radical (unpaired) electrons. The van der Waals surface area contributed by atoms with Crippen molar-refractivity contribution in [2.24, 2.45) is 5.92 Å². The van der Waals surface area contributed by atoms with Crippen LogP contribution in [0.5, 0.6) is 0 Å². The van der Waals surface area contributed by atoms with Crippen LogP contribution < -0.4 is 5.32 Å². The number of nitrogens with zero attached hydrogens (tertiary/aromatic N) is 2. The molecule has 0 bridgehead atoms. The zero-order chi connectivity index (χ0) is 19.4. The number of halogens is 2. The van der Waals surface area contributed by atoms with Crippen molar-refractivity contribution in [3.05, 3.63) is 51.3 Å². The van der Waals surface area contributed by atoms with Crippen molar-refractivity contribution in [2.75, 3.05) is 0 Å². The molecule has 26 heavy (non-hydrogen) atoms. The van der Waals surface area contributed by atoms with Gasteiger partial charge in [0.25, 0.3) is 5.91 Å². The number of carbonyl (C=O) groups excluding carboxylic acids is 1. The van der Waals surface area contributed by atoms with E-state index in [-0.39, 0.29) is 6.42 Å². The summed E-state index contributed by atoms with van der Waals surface area (Å²) < 4.78 is 1.74. The van der Waals surface area contributed by atoms with Crippen molar-refractivity contribution in [1.29, 1.82) is 0 Å². The smallest absolute Gasteiger partial charge is 0.326 e. The van der Waals surface area contributed by atoms with Crippen LogP contribution in [0.4, 0.5) is 0 Å². The number of benzene rings is 1. The molecule has 0 spiro atoms. The predicted molar refractivity (Wildman–Crippen MR) is 101 cm³/mol. The maximum absolute atomic E-state index is 12.5. The average Bonchev–Trinajstić information content (AvgIpc) is 2.86. The van der Waals surface area contributed by atoms with Gasteiger partial charge in [-0.3, -0.25) is 9.48 Å². The summed E-state index contributed by atoms with van der Waals surface area (Å²) in [4.78, 5) is 24.1. The fourth-order valence-electron chi connectivity index (χ4n) is 2.60. The van der Waals surface area contributed by atoms with E-state index in [1.165, 1.54) is 6.20 Å². The molecule has 0 aliphatic heterocycles. The van der Waals surface area contributed by atoms with E-state index in [4.69, 9.17) is 23.2 Å². The molecule has 1 aromatic heterocycles. The maximum atomic E-state index is 12.5. The average molecular weight is 398 g/mol. The minimum Gasteiger partial charge on any atom is -0.480 e. The van der Waals surface area contributed by atoms with E-state index < -0.39 is 17.9 Å². The number of rotatable bonds is 7. The van der Waals surface area contributed by atoms with E-state index in [9.17, 15) is 14.7 Å². The lowest BCUT2D eigenvalue weighted by Gasteiger charge is -2.15. The van der Waals surface area contributed by atoms with Crippen LogP contribution in [0.3, 0.4) is 0 Å². The highest BCUT2D eigenvalue weighted by Gasteiger charge is 2.23. The van der Waals surface area contributed by atoms with E-state index >= 15 is 0 Å². The van der Waals surface area contributed by atoms with E-state index in [2.05, 4.69) is 24.3 Å². The van der Waals surface area contributed by atoms with Crippen LogP contribution >= 0.6 is 23.2 Å². The summed E-state index contributed by atoms with van der Waals surface area (Å²) in [5, 5.41) is 17.0. The summed E-state index contributed by atoms with van der Waals surface area (Å²) in [6.07, 6.45) is 1.53. The number of amides is 1. The van der Waals surface area contributed by atoms with Gasteiger partial charge in [0.15, 0.2) is 0 Å². The Morgan fingerprint density at radius 2 is 1.85 bits per heavy atom. The van der Waals surface area contributed by atoms with Gasteiger partial charge >= 0.3 is 5.97 Å². The molecule has 8 heteroatoms. The Hall–Kier alpha value is -2.05. The van der Waals surface area contributed by atoms with E-state index in [0.29, 0.717) is 39.3 Å². The van der Waals surface area contributed by atoms with Crippen molar-refractivity contribution in [1.82, 2.24) is 15.1 Å². The minimum atomic E-state index is -1.14. The molecule has 2 rings (SSSR count). The quantitative estimate of drug-likeness (QED) is 0.747. The van der Waals surface area contributed by atoms with Gasteiger partial charge in [0.05, 0.1) is 11.8 Å². The number of aromatic nitrogens is 2. The van der Waals surface area contributed by atoms with Crippen molar-refractivity contribution in [2.45, 2.75) is 39.8 Å². The van der Waals surface area contributed by atoms with Gasteiger partial charge in [-0.05, 0) is 36.6 Å². The first-order valence-electron chi connectivity index (χ1n) is 8.18. The molecule has 1 unspecified atom stereocenters. The second-order valence-corrected chi connectivity index (χ2v) is 7.44. The van der Waals surface area contributed by atoms with E-state index in [1.807, 2.05) is 0 Å². The predicted octanol–water partition coefficient (Wildman–Crippen LogP) is 3.58. The van der Waals surface area contributed by atoms with Gasteiger partial charge in [0.1, 0.15) is 6.04 Å². The molecule has 1 heterocycles. The first-order chi connectivity index (χ1) is 12.2. The largest absolute Gasteiger partial charge is 0.480 e. The molecule has 1 atom stereocenters. The molecule has 1 amide bonds. The normalized spacial score (nSPS) is 12.2. The first kappa shape index (κ1) is 20.3. The number of carbonyl (C=O) groups is 2. The lowest BCUT2D eigenvalue weighted by Crippen LogP contribution is -2.42. The fraction of sp³-hybridized carbons (Fsp3) is 0.389. The molecule has 0 aliphatic carbocycles. The number of nitrogens with one attached hydrogen (secondary N) is 1. The van der Waals surface area contributed by atoms with Crippen LogP contribution in [-0.2, 0) is 17.8 Å². The van der Waals surface area contributed by atoms with Crippen molar-refractivity contribution < 1.29 is 14.7 Å². The summed E-state index contributed by atoms with van der Waals surface area (Å²) in [5.41, 5.74) is 1.69. The van der Waals surface area contributed by atoms with Crippen LogP contribution in [0.2, 0.25) is 10.0 Å². The Morgan fingerprint density at radius 3 is 2.38 bits per heavy atom. The monoisotopic (exact) mass is 397 g/mol. The number of carboxylic acid groups (broad SMARTS) is 1. The number of hydrogen-bond acceptors (Lipinski definition) is 3. The SMILES string of the molecule is Cc1c(C(=O)NC(Cc2cc(Cl)cc(Cl)c2)C(=O)O)cnn1CC(C)C. The minimum absolute atomic E-state index is 0.0700. The third-order valence-corrected chi connectivity index (χ3v) is 4.29. The molecule has 2 aromatic rings. The zero-order valence-corrected chi connectivity index (χ0v) is 16.3. The summed E-state index contributed by atoms with van der Waals surface area (Å²) >= 11 is 11.9. The first-order valence-corrected chi connectivity index (χ1v) is 8.94. The number of carboxylic acids is 1. The highest BCUT2D eigenvalue weighted by molar-refractivity contribution is 6.34. The summed E-state index contributed by atoms with van der Waals surface area (Å²) in [6.45, 7) is 6.58. The number of aliphatic carboxylic acids is 1. The van der Waals surface area contributed by atoms with Gasteiger partial charge in [-0.15, -0.1) is 0 Å². The van der Waals surface area contributed by atoms with Crippen molar-refractivity contribution >= 4 is 35.1 Å². The van der Waals surface area contributed by atoms with E-state index in [0.717, 1.165) is 0 Å². The van der Waals surface area contributed by atoms with Crippen LogP contribution in [0.25, 0.3) is 0 Å². The highest BCUT2D eigenvalue weighted by atomic mass is 35.5. The van der Waals surface area contributed by atoms with Gasteiger partial charge in [0, 0.05) is 28.7 Å². The lowest BCUT2D eigenvalue weighted by molar-refractivity contribution is -0.139. The molecule has 2 N–H and O–H groups in total. The van der Waals surface area contributed by atoms with Crippen molar-refractivity contribution in [3.8, 4) is 0 Å². The fourth-order valence-corrected chi connectivity index (χ4v) is 3.17. The Labute approximate surface area is 162 Å². The van der Waals surface area contributed by atoms with Gasteiger partial charge in [-0.2, -0.15) is 5.10 Å². The second kappa shape index (κ2) is 8.56. The molecule has 1 aromatic carbocycles. The summed E-state index contributed by atoms with van der Waals surface area (Å²) in [7, 11) is 0. The van der Waals surface area contributed by atoms with Crippen LogP contribution in [-0.4, -0.2) is 32.8 Å². The van der Waals surface area contributed by atoms with Gasteiger partial charge in [-0.25, -0.2) is 4.79 Å². The topological polar surface area (TPSA) is 84.2 Å². The van der Waals surface area contributed by atoms with Crippen LogP contribution in [0.15, 0.2) is 24.4 Å². The summed E-state index contributed by atoms with van der Waals surface area (Å²) in [5.74, 6) is -1.23. The Balaban J connectivity index is 2.16. The van der Waals surface area contributed by atoms with Gasteiger partial charge < -0.3 is 10.4 Å². The Kier molecular flexibility index (Phi) is 6.67. The maximum Gasteiger partial charge on any atom is 0.326 e. The van der Waals surface area contributed by atoms with Crippen LogP contribution in [0, 0.1) is 12.8 Å². The molecule has 0 aliphatic rings. The second-order valence-electron chi connectivity index (χ2n) is 6.57. The lowest BCUT2D eigenvalue weighted by atomic mass is 10.1. The molecule has 0 saturated carbocycles. The molecular weight excluding hydrogens is 377 g/mol. The Bertz CT molecular complexity index is 798. The molecular formula is C18H21Cl2N3O3. The Morgan fingerprint density at radius 1 is 1.23 bits per heavy atom. The standard InChI is InChI=1S/C18H21Cl2N3O3/c1-10(2)9-23-11(3)15(8-21-23)17(24)22-16(18(25)26)6-12-4-13(19)7-14(20)5-12/h4-5,7-8,10,16H,6,9H2,1-3H3,(H,22,24)(H,25,26). The highest BCUT2D eigenvalue weighted by Crippen LogP contribution is 2.20. The van der Waals surface area contributed by atoms with Crippen LogP contribution in [0.1, 0.15) is 35.5 Å². The van der Waals surface area contributed by atoms with Gasteiger partial charge in [0.2, 0.25) is 0 Å². The molecule has 6 nitrogen and oxygen atoms in total. The molecule has 0 fully saturated rings. The summed E-state index contributed by atoms with van der Waals surface area (Å²) in [6, 6.07) is 3.71. The zero-order valence-electron chi connectivity index (χ0n) is 14.8. The van der Waals surface area contributed by atoms with E-state index in [1.54, 1.807) is 29.8 Å².